The smallest absolute Gasteiger partial charge is 0.137 e. The number of nitrogens with two attached hydrogens (primary N) is 1. The highest BCUT2D eigenvalue weighted by molar-refractivity contribution is 9.10. The molecule has 0 fully saturated rings. The fraction of sp³-hybridized carbons (Fsp3) is 0.200. The normalized spacial score (nSPS) is 12.2. The summed E-state index contributed by atoms with van der Waals surface area (Å²) in [5.41, 5.74) is 3.89. The molecule has 0 amide bonds. The van der Waals surface area contributed by atoms with Crippen LogP contribution >= 0.6 is 39.3 Å². The lowest BCUT2D eigenvalue weighted by molar-refractivity contribution is 0.413. The monoisotopic (exact) mass is 386 g/mol. The molecule has 2 rings (SSSR count). The lowest BCUT2D eigenvalue weighted by Crippen LogP contribution is -2.29. The van der Waals surface area contributed by atoms with Crippen LogP contribution in [0.5, 0.6) is 5.75 Å². The lowest BCUT2D eigenvalue weighted by atomic mass is 10.1. The fourth-order valence-corrected chi connectivity index (χ4v) is 3.65. The summed E-state index contributed by atoms with van der Waals surface area (Å²) < 4.78 is 6.31. The highest BCUT2D eigenvalue weighted by Crippen LogP contribution is 2.31. The number of ether oxygens (including phenoxy) is 1. The molecule has 6 heteroatoms. The first-order chi connectivity index (χ1) is 10.1. The van der Waals surface area contributed by atoms with Crippen LogP contribution in [-0.2, 0) is 0 Å². The van der Waals surface area contributed by atoms with E-state index in [0.29, 0.717) is 10.8 Å². The van der Waals surface area contributed by atoms with Crippen molar-refractivity contribution in [1.29, 1.82) is 0 Å². The van der Waals surface area contributed by atoms with Crippen LogP contribution in [0.4, 0.5) is 0 Å². The van der Waals surface area contributed by atoms with Gasteiger partial charge in [0.05, 0.1) is 18.2 Å². The van der Waals surface area contributed by atoms with Crippen LogP contribution in [0, 0.1) is 0 Å². The average Bonchev–Trinajstić information content (AvgIpc) is 2.49. The molecule has 0 aliphatic heterocycles. The van der Waals surface area contributed by atoms with Crippen molar-refractivity contribution in [3.8, 4) is 5.75 Å². The van der Waals surface area contributed by atoms with E-state index in [-0.39, 0.29) is 6.04 Å². The molecule has 2 aromatic rings. The van der Waals surface area contributed by atoms with Gasteiger partial charge in [-0.25, -0.2) is 0 Å². The van der Waals surface area contributed by atoms with Gasteiger partial charge in [0.25, 0.3) is 0 Å². The predicted molar refractivity (Wildman–Crippen MR) is 92.9 cm³/mol. The molecule has 0 saturated carbocycles. The summed E-state index contributed by atoms with van der Waals surface area (Å²) >= 11 is 11.3. The van der Waals surface area contributed by atoms with Crippen LogP contribution < -0.4 is 16.0 Å². The number of methoxy groups -OCH3 is 1. The van der Waals surface area contributed by atoms with Crippen molar-refractivity contribution in [2.75, 3.05) is 12.9 Å². The second kappa shape index (κ2) is 8.06. The van der Waals surface area contributed by atoms with E-state index in [9.17, 15) is 0 Å². The summed E-state index contributed by atoms with van der Waals surface area (Å²) in [6, 6.07) is 13.9. The maximum Gasteiger partial charge on any atom is 0.137 e. The van der Waals surface area contributed by atoms with Gasteiger partial charge < -0.3 is 4.74 Å². The minimum absolute atomic E-state index is 0.0140. The number of benzene rings is 2. The molecule has 2 aromatic carbocycles. The van der Waals surface area contributed by atoms with Crippen LogP contribution in [0.15, 0.2) is 51.8 Å². The third-order valence-corrected chi connectivity index (χ3v) is 4.88. The Balaban J connectivity index is 2.09. The number of nitrogens with one attached hydrogen (secondary N) is 1. The summed E-state index contributed by atoms with van der Waals surface area (Å²) in [7, 11) is 1.60. The zero-order chi connectivity index (χ0) is 15.2. The molecule has 0 aliphatic rings. The van der Waals surface area contributed by atoms with E-state index in [1.54, 1.807) is 18.9 Å². The van der Waals surface area contributed by atoms with Crippen molar-refractivity contribution in [3.63, 3.8) is 0 Å². The van der Waals surface area contributed by atoms with E-state index in [1.807, 2.05) is 30.3 Å². The Hall–Kier alpha value is -0.720. The Labute approximate surface area is 142 Å². The van der Waals surface area contributed by atoms with E-state index in [2.05, 4.69) is 33.5 Å². The second-order valence-corrected chi connectivity index (χ2v) is 6.80. The van der Waals surface area contributed by atoms with E-state index >= 15 is 0 Å². The Morgan fingerprint density at radius 1 is 1.33 bits per heavy atom. The largest absolute Gasteiger partial charge is 0.495 e. The van der Waals surface area contributed by atoms with Gasteiger partial charge in [0.1, 0.15) is 5.75 Å². The average molecular weight is 388 g/mol. The molecule has 112 valence electrons. The van der Waals surface area contributed by atoms with E-state index in [4.69, 9.17) is 22.2 Å². The van der Waals surface area contributed by atoms with Crippen LogP contribution in [0.25, 0.3) is 0 Å². The predicted octanol–water partition coefficient (Wildman–Crippen LogP) is 4.41. The summed E-state index contributed by atoms with van der Waals surface area (Å²) in [6.07, 6.45) is 0. The first-order valence-corrected chi connectivity index (χ1v) is 8.47. The SMILES string of the molecule is COc1cc(C(CSc2cccc(Br)c2)NN)ccc1Cl. The minimum atomic E-state index is 0.0140. The van der Waals surface area contributed by atoms with Crippen LogP contribution in [0.2, 0.25) is 5.02 Å². The van der Waals surface area contributed by atoms with Gasteiger partial charge >= 0.3 is 0 Å². The maximum atomic E-state index is 6.05. The summed E-state index contributed by atoms with van der Waals surface area (Å²) in [4.78, 5) is 1.19. The third kappa shape index (κ3) is 4.63. The van der Waals surface area contributed by atoms with Crippen molar-refractivity contribution in [2.45, 2.75) is 10.9 Å². The minimum Gasteiger partial charge on any atom is -0.495 e. The Morgan fingerprint density at radius 3 is 2.81 bits per heavy atom. The van der Waals surface area contributed by atoms with Gasteiger partial charge in [0.2, 0.25) is 0 Å². The first kappa shape index (κ1) is 16.6. The number of thioether (sulfide) groups is 1. The van der Waals surface area contributed by atoms with Crippen LogP contribution in [0.3, 0.4) is 0 Å². The molecular formula is C15H16BrClN2OS. The zero-order valence-electron chi connectivity index (χ0n) is 11.5. The van der Waals surface area contributed by atoms with E-state index in [1.165, 1.54) is 4.90 Å². The lowest BCUT2D eigenvalue weighted by Gasteiger charge is -2.17. The van der Waals surface area contributed by atoms with Crippen molar-refractivity contribution < 1.29 is 4.74 Å². The van der Waals surface area contributed by atoms with Crippen molar-refractivity contribution >= 4 is 39.3 Å². The summed E-state index contributed by atoms with van der Waals surface area (Å²) in [6.45, 7) is 0. The van der Waals surface area contributed by atoms with Gasteiger partial charge in [-0.3, -0.25) is 11.3 Å². The maximum absolute atomic E-state index is 6.05. The molecule has 0 radical (unpaired) electrons. The van der Waals surface area contributed by atoms with E-state index < -0.39 is 0 Å². The van der Waals surface area contributed by atoms with Gasteiger partial charge in [-0.1, -0.05) is 39.7 Å². The topological polar surface area (TPSA) is 47.3 Å². The molecule has 1 atom stereocenters. The standard InChI is InChI=1S/C15H16BrClN2OS/c1-20-15-7-10(5-6-13(15)17)14(19-18)9-21-12-4-2-3-11(16)8-12/h2-8,14,19H,9,18H2,1H3. The Bertz CT molecular complexity index is 612. The first-order valence-electron chi connectivity index (χ1n) is 6.32. The molecule has 0 heterocycles. The van der Waals surface area contributed by atoms with Crippen molar-refractivity contribution in [2.24, 2.45) is 5.84 Å². The highest BCUT2D eigenvalue weighted by Gasteiger charge is 2.13. The molecule has 21 heavy (non-hydrogen) atoms. The Morgan fingerprint density at radius 2 is 2.14 bits per heavy atom. The quantitative estimate of drug-likeness (QED) is 0.438. The molecule has 0 bridgehead atoms. The zero-order valence-corrected chi connectivity index (χ0v) is 14.6. The molecule has 3 nitrogen and oxygen atoms in total. The molecule has 3 N–H and O–H groups in total. The molecule has 1 unspecified atom stereocenters. The van der Waals surface area contributed by atoms with Gasteiger partial charge in [-0.15, -0.1) is 11.8 Å². The fourth-order valence-electron chi connectivity index (χ4n) is 1.87. The number of halogens is 2. The van der Waals surface area contributed by atoms with Crippen molar-refractivity contribution in [3.05, 3.63) is 57.5 Å². The number of hydrogen-bond donors (Lipinski definition) is 2. The van der Waals surface area contributed by atoms with Crippen LogP contribution in [-0.4, -0.2) is 12.9 Å². The number of rotatable bonds is 6. The van der Waals surface area contributed by atoms with Crippen LogP contribution in [0.1, 0.15) is 11.6 Å². The van der Waals surface area contributed by atoms with Gasteiger partial charge in [-0.2, -0.15) is 0 Å². The molecule has 0 saturated heterocycles. The molecule has 0 aliphatic carbocycles. The molecule has 0 aromatic heterocycles. The van der Waals surface area contributed by atoms with Gasteiger partial charge in [-0.05, 0) is 35.9 Å². The summed E-state index contributed by atoms with van der Waals surface area (Å²) in [5.74, 6) is 7.14. The summed E-state index contributed by atoms with van der Waals surface area (Å²) in [5, 5.41) is 0.594. The number of hydrazine groups is 1. The molecule has 0 spiro atoms. The third-order valence-electron chi connectivity index (χ3n) is 2.99. The van der Waals surface area contributed by atoms with Gasteiger partial charge in [0, 0.05) is 15.1 Å². The highest BCUT2D eigenvalue weighted by atomic mass is 79.9. The molecular weight excluding hydrogens is 372 g/mol. The Kier molecular flexibility index (Phi) is 6.39. The van der Waals surface area contributed by atoms with E-state index in [0.717, 1.165) is 15.8 Å². The van der Waals surface area contributed by atoms with Crippen molar-refractivity contribution in [1.82, 2.24) is 5.43 Å². The number of hydrogen-bond acceptors (Lipinski definition) is 4. The van der Waals surface area contributed by atoms with Gasteiger partial charge in [0.15, 0.2) is 0 Å². The second-order valence-electron chi connectivity index (χ2n) is 4.38.